The lowest BCUT2D eigenvalue weighted by molar-refractivity contribution is 0.307. The zero-order valence-corrected chi connectivity index (χ0v) is 10.9. The molecule has 0 atom stereocenters. The number of hydrogen-bond acceptors (Lipinski definition) is 2. The molecule has 3 heteroatoms. The molecule has 0 aliphatic carbocycles. The van der Waals surface area contributed by atoms with Gasteiger partial charge in [-0.2, -0.15) is 0 Å². The van der Waals surface area contributed by atoms with Gasteiger partial charge in [0.25, 0.3) is 0 Å². The van der Waals surface area contributed by atoms with Gasteiger partial charge in [-0.15, -0.1) is 0 Å². The van der Waals surface area contributed by atoms with Crippen LogP contribution in [0.2, 0.25) is 0 Å². The molecule has 15 heavy (non-hydrogen) atoms. The Morgan fingerprint density at radius 2 is 2.20 bits per heavy atom. The molecule has 0 amide bonds. The summed E-state index contributed by atoms with van der Waals surface area (Å²) >= 11 is 3.49. The largest absolute Gasteiger partial charge is 0.492 e. The third kappa shape index (κ3) is 4.67. The summed E-state index contributed by atoms with van der Waals surface area (Å²) in [4.78, 5) is 0. The number of rotatable bonds is 6. The summed E-state index contributed by atoms with van der Waals surface area (Å²) in [5.74, 6) is 0.928. The van der Waals surface area contributed by atoms with Crippen LogP contribution in [0.15, 0.2) is 22.7 Å². The Kier molecular flexibility index (Phi) is 5.73. The number of hydrogen-bond donors (Lipinski definition) is 1. The highest BCUT2D eigenvalue weighted by Gasteiger charge is 2.00. The van der Waals surface area contributed by atoms with Gasteiger partial charge in [0, 0.05) is 0 Å². The van der Waals surface area contributed by atoms with E-state index in [0.29, 0.717) is 0 Å². The fraction of sp³-hybridized carbons (Fsp3) is 0.500. The molecular weight excluding hydrogens is 254 g/mol. The summed E-state index contributed by atoms with van der Waals surface area (Å²) in [7, 11) is 0. The molecule has 0 aromatic heterocycles. The minimum absolute atomic E-state index is 0.759. The van der Waals surface area contributed by atoms with Gasteiger partial charge in [0.15, 0.2) is 0 Å². The van der Waals surface area contributed by atoms with Crippen molar-refractivity contribution in [2.45, 2.75) is 20.3 Å². The number of halogens is 1. The molecule has 0 spiro atoms. The highest BCUT2D eigenvalue weighted by Crippen LogP contribution is 2.25. The predicted octanol–water partition coefficient (Wildman–Crippen LogP) is 3.14. The van der Waals surface area contributed by atoms with Crippen LogP contribution in [-0.2, 0) is 0 Å². The first kappa shape index (κ1) is 12.5. The lowest BCUT2D eigenvalue weighted by atomic mass is 10.2. The standard InChI is InChI=1S/C12H18BrNO/c1-3-14-7-4-8-15-12-6-5-10(2)9-11(12)13/h5-6,9,14H,3-4,7-8H2,1-2H3. The van der Waals surface area contributed by atoms with Crippen LogP contribution in [0.3, 0.4) is 0 Å². The SMILES string of the molecule is CCNCCCOc1ccc(C)cc1Br. The average molecular weight is 272 g/mol. The van der Waals surface area contributed by atoms with Crippen LogP contribution in [0.25, 0.3) is 0 Å². The van der Waals surface area contributed by atoms with Crippen LogP contribution in [-0.4, -0.2) is 19.7 Å². The summed E-state index contributed by atoms with van der Waals surface area (Å²) in [5.41, 5.74) is 1.24. The normalized spacial score (nSPS) is 10.3. The third-order valence-electron chi connectivity index (χ3n) is 2.09. The predicted molar refractivity (Wildman–Crippen MR) is 67.5 cm³/mol. The van der Waals surface area contributed by atoms with Crippen molar-refractivity contribution in [3.05, 3.63) is 28.2 Å². The van der Waals surface area contributed by atoms with Gasteiger partial charge in [-0.3, -0.25) is 0 Å². The fourth-order valence-electron chi connectivity index (χ4n) is 1.28. The highest BCUT2D eigenvalue weighted by atomic mass is 79.9. The molecule has 84 valence electrons. The molecule has 2 nitrogen and oxygen atoms in total. The Hall–Kier alpha value is -0.540. The van der Waals surface area contributed by atoms with Gasteiger partial charge >= 0.3 is 0 Å². The molecule has 0 saturated carbocycles. The van der Waals surface area contributed by atoms with Gasteiger partial charge in [-0.05, 0) is 60.1 Å². The molecule has 0 saturated heterocycles. The van der Waals surface area contributed by atoms with E-state index in [1.54, 1.807) is 0 Å². The van der Waals surface area contributed by atoms with Crippen molar-refractivity contribution in [3.63, 3.8) is 0 Å². The van der Waals surface area contributed by atoms with Gasteiger partial charge in [0.05, 0.1) is 11.1 Å². The van der Waals surface area contributed by atoms with Crippen molar-refractivity contribution in [1.82, 2.24) is 5.32 Å². The second-order valence-electron chi connectivity index (χ2n) is 3.49. The quantitative estimate of drug-likeness (QED) is 0.803. The van der Waals surface area contributed by atoms with E-state index in [9.17, 15) is 0 Å². The van der Waals surface area contributed by atoms with E-state index >= 15 is 0 Å². The first-order valence-electron chi connectivity index (χ1n) is 5.33. The number of nitrogens with one attached hydrogen (secondary N) is 1. The lowest BCUT2D eigenvalue weighted by Crippen LogP contribution is -2.16. The van der Waals surface area contributed by atoms with Gasteiger partial charge in [-0.1, -0.05) is 13.0 Å². The summed E-state index contributed by atoms with van der Waals surface area (Å²) in [6, 6.07) is 6.14. The lowest BCUT2D eigenvalue weighted by Gasteiger charge is -2.08. The minimum Gasteiger partial charge on any atom is -0.492 e. The zero-order valence-electron chi connectivity index (χ0n) is 9.35. The van der Waals surface area contributed by atoms with Gasteiger partial charge in [0.2, 0.25) is 0 Å². The van der Waals surface area contributed by atoms with E-state index < -0.39 is 0 Å². The molecular formula is C12H18BrNO. The van der Waals surface area contributed by atoms with Crippen molar-refractivity contribution >= 4 is 15.9 Å². The maximum atomic E-state index is 5.65. The molecule has 0 bridgehead atoms. The highest BCUT2D eigenvalue weighted by molar-refractivity contribution is 9.10. The van der Waals surface area contributed by atoms with Crippen molar-refractivity contribution in [2.24, 2.45) is 0 Å². The molecule has 0 fully saturated rings. The van der Waals surface area contributed by atoms with Gasteiger partial charge < -0.3 is 10.1 Å². The van der Waals surface area contributed by atoms with Crippen LogP contribution >= 0.6 is 15.9 Å². The Bertz CT molecular complexity index is 302. The Morgan fingerprint density at radius 3 is 2.87 bits per heavy atom. The maximum Gasteiger partial charge on any atom is 0.133 e. The van der Waals surface area contributed by atoms with Crippen molar-refractivity contribution in [2.75, 3.05) is 19.7 Å². The van der Waals surface area contributed by atoms with E-state index in [1.807, 2.05) is 6.07 Å². The molecule has 1 rings (SSSR count). The summed E-state index contributed by atoms with van der Waals surface area (Å²) < 4.78 is 6.68. The van der Waals surface area contributed by atoms with Crippen LogP contribution in [0.1, 0.15) is 18.9 Å². The molecule has 0 unspecified atom stereocenters. The molecule has 1 aromatic rings. The topological polar surface area (TPSA) is 21.3 Å². The molecule has 1 aromatic carbocycles. The summed E-state index contributed by atoms with van der Waals surface area (Å²) in [5, 5.41) is 3.27. The van der Waals surface area contributed by atoms with Crippen molar-refractivity contribution < 1.29 is 4.74 Å². The molecule has 0 heterocycles. The summed E-state index contributed by atoms with van der Waals surface area (Å²) in [6.45, 7) is 6.97. The first-order chi connectivity index (χ1) is 7.24. The zero-order chi connectivity index (χ0) is 11.1. The number of ether oxygens (including phenoxy) is 1. The Labute approximate surface area is 100 Å². The smallest absolute Gasteiger partial charge is 0.133 e. The van der Waals surface area contributed by atoms with Crippen LogP contribution < -0.4 is 10.1 Å². The van der Waals surface area contributed by atoms with E-state index in [1.165, 1.54) is 5.56 Å². The summed E-state index contributed by atoms with van der Waals surface area (Å²) in [6.07, 6.45) is 1.04. The molecule has 0 aliphatic rings. The van der Waals surface area contributed by atoms with E-state index in [0.717, 1.165) is 36.3 Å². The van der Waals surface area contributed by atoms with E-state index in [4.69, 9.17) is 4.74 Å². The first-order valence-corrected chi connectivity index (χ1v) is 6.13. The number of benzene rings is 1. The van der Waals surface area contributed by atoms with Gasteiger partial charge in [-0.25, -0.2) is 0 Å². The monoisotopic (exact) mass is 271 g/mol. The van der Waals surface area contributed by atoms with E-state index in [2.05, 4.69) is 47.2 Å². The van der Waals surface area contributed by atoms with Gasteiger partial charge in [0.1, 0.15) is 5.75 Å². The molecule has 0 aliphatic heterocycles. The van der Waals surface area contributed by atoms with Crippen LogP contribution in [0.4, 0.5) is 0 Å². The second kappa shape index (κ2) is 6.85. The van der Waals surface area contributed by atoms with Crippen LogP contribution in [0.5, 0.6) is 5.75 Å². The minimum atomic E-state index is 0.759. The number of aryl methyl sites for hydroxylation is 1. The third-order valence-corrected chi connectivity index (χ3v) is 2.71. The molecule has 1 N–H and O–H groups in total. The van der Waals surface area contributed by atoms with Crippen molar-refractivity contribution in [1.29, 1.82) is 0 Å². The fourth-order valence-corrected chi connectivity index (χ4v) is 1.89. The van der Waals surface area contributed by atoms with Crippen LogP contribution in [0, 0.1) is 6.92 Å². The second-order valence-corrected chi connectivity index (χ2v) is 4.34. The Morgan fingerprint density at radius 1 is 1.40 bits per heavy atom. The average Bonchev–Trinajstić information content (AvgIpc) is 2.20. The van der Waals surface area contributed by atoms with Crippen molar-refractivity contribution in [3.8, 4) is 5.75 Å². The molecule has 0 radical (unpaired) electrons. The van der Waals surface area contributed by atoms with E-state index in [-0.39, 0.29) is 0 Å². The Balaban J connectivity index is 2.31. The maximum absolute atomic E-state index is 5.65.